The fourth-order valence-electron chi connectivity index (χ4n) is 3.68. The zero-order valence-electron chi connectivity index (χ0n) is 18.1. The number of benzene rings is 2. The number of carbonyl (C=O) groups excluding carboxylic acids is 1. The van der Waals surface area contributed by atoms with Gasteiger partial charge in [-0.3, -0.25) is 4.79 Å². The normalized spacial score (nSPS) is 13.5. The molecule has 160 valence electrons. The molecule has 1 amide bonds. The molecule has 2 aromatic carbocycles. The molecule has 0 N–H and O–H groups in total. The summed E-state index contributed by atoms with van der Waals surface area (Å²) in [6.07, 6.45) is 4.00. The molecule has 30 heavy (non-hydrogen) atoms. The lowest BCUT2D eigenvalue weighted by atomic mass is 9.97. The molecular weight excluding hydrogens is 382 g/mol. The topological polar surface area (TPSA) is 57.2 Å². The third-order valence-electron chi connectivity index (χ3n) is 5.36. The first-order valence-electron chi connectivity index (χ1n) is 9.99. The van der Waals surface area contributed by atoms with Crippen LogP contribution in [0, 0.1) is 0 Å². The Bertz CT molecular complexity index is 897. The van der Waals surface area contributed by atoms with E-state index in [4.69, 9.17) is 18.9 Å². The van der Waals surface area contributed by atoms with E-state index in [1.54, 1.807) is 28.4 Å². The third-order valence-corrected chi connectivity index (χ3v) is 5.36. The summed E-state index contributed by atoms with van der Waals surface area (Å²) in [5, 5.41) is 0. The van der Waals surface area contributed by atoms with E-state index in [0.717, 1.165) is 28.9 Å². The van der Waals surface area contributed by atoms with Gasteiger partial charge in [-0.25, -0.2) is 0 Å². The van der Waals surface area contributed by atoms with Gasteiger partial charge in [0, 0.05) is 31.6 Å². The fourth-order valence-corrected chi connectivity index (χ4v) is 3.68. The monoisotopic (exact) mass is 411 g/mol. The molecule has 0 atom stereocenters. The summed E-state index contributed by atoms with van der Waals surface area (Å²) in [6, 6.07) is 11.6. The summed E-state index contributed by atoms with van der Waals surface area (Å²) < 4.78 is 21.7. The molecule has 0 fully saturated rings. The zero-order valence-corrected chi connectivity index (χ0v) is 18.1. The SMILES string of the molecule is COc1cccc(CCC(=O)N2CC=C(c3c(OC)cc(OC)cc3OC)CC2)c1. The summed E-state index contributed by atoms with van der Waals surface area (Å²) in [7, 11) is 6.53. The lowest BCUT2D eigenvalue weighted by molar-refractivity contribution is -0.130. The summed E-state index contributed by atoms with van der Waals surface area (Å²) in [5.74, 6) is 3.05. The van der Waals surface area contributed by atoms with Gasteiger partial charge in [0.15, 0.2) is 0 Å². The summed E-state index contributed by atoms with van der Waals surface area (Å²) >= 11 is 0. The van der Waals surface area contributed by atoms with Crippen LogP contribution >= 0.6 is 0 Å². The third kappa shape index (κ3) is 4.87. The maximum Gasteiger partial charge on any atom is 0.223 e. The van der Waals surface area contributed by atoms with Crippen LogP contribution in [-0.4, -0.2) is 52.3 Å². The summed E-state index contributed by atoms with van der Waals surface area (Å²) in [5.41, 5.74) is 3.14. The van der Waals surface area contributed by atoms with E-state index in [1.165, 1.54) is 0 Å². The minimum Gasteiger partial charge on any atom is -0.497 e. The van der Waals surface area contributed by atoms with Crippen LogP contribution < -0.4 is 18.9 Å². The largest absolute Gasteiger partial charge is 0.497 e. The van der Waals surface area contributed by atoms with E-state index >= 15 is 0 Å². The molecule has 0 radical (unpaired) electrons. The molecule has 6 nitrogen and oxygen atoms in total. The highest BCUT2D eigenvalue weighted by Crippen LogP contribution is 2.40. The van der Waals surface area contributed by atoms with Crippen molar-refractivity contribution in [2.45, 2.75) is 19.3 Å². The van der Waals surface area contributed by atoms with E-state index in [9.17, 15) is 4.79 Å². The van der Waals surface area contributed by atoms with Crippen molar-refractivity contribution in [2.75, 3.05) is 41.5 Å². The first-order valence-corrected chi connectivity index (χ1v) is 9.99. The Kier molecular flexibility index (Phi) is 7.22. The zero-order chi connectivity index (χ0) is 21.5. The second-order valence-electron chi connectivity index (χ2n) is 7.08. The van der Waals surface area contributed by atoms with Gasteiger partial charge in [0.2, 0.25) is 5.91 Å². The average molecular weight is 411 g/mol. The number of amides is 1. The average Bonchev–Trinajstić information content (AvgIpc) is 2.81. The Hall–Kier alpha value is -3.15. The summed E-state index contributed by atoms with van der Waals surface area (Å²) in [4.78, 5) is 14.6. The van der Waals surface area contributed by atoms with Crippen LogP contribution in [0.2, 0.25) is 0 Å². The molecule has 1 heterocycles. The number of ether oxygens (including phenoxy) is 4. The lowest BCUT2D eigenvalue weighted by Crippen LogP contribution is -2.34. The highest BCUT2D eigenvalue weighted by Gasteiger charge is 2.23. The van der Waals surface area contributed by atoms with Crippen molar-refractivity contribution in [1.82, 2.24) is 4.90 Å². The molecule has 0 aliphatic carbocycles. The second kappa shape index (κ2) is 10.1. The number of hydrogen-bond donors (Lipinski definition) is 0. The predicted molar refractivity (Wildman–Crippen MR) is 117 cm³/mol. The number of carbonyl (C=O) groups is 1. The molecule has 6 heteroatoms. The van der Waals surface area contributed by atoms with Crippen LogP contribution in [0.25, 0.3) is 5.57 Å². The van der Waals surface area contributed by atoms with Crippen LogP contribution in [0.1, 0.15) is 24.0 Å². The minimum absolute atomic E-state index is 0.154. The molecular formula is C24H29NO5. The maximum absolute atomic E-state index is 12.7. The molecule has 0 unspecified atom stereocenters. The van der Waals surface area contributed by atoms with Crippen LogP contribution in [0.3, 0.4) is 0 Å². The molecule has 2 aromatic rings. The van der Waals surface area contributed by atoms with E-state index < -0.39 is 0 Å². The van der Waals surface area contributed by atoms with Gasteiger partial charge in [-0.05, 0) is 36.1 Å². The van der Waals surface area contributed by atoms with E-state index in [-0.39, 0.29) is 5.91 Å². The first kappa shape index (κ1) is 21.6. The van der Waals surface area contributed by atoms with Gasteiger partial charge in [0.1, 0.15) is 23.0 Å². The van der Waals surface area contributed by atoms with Gasteiger partial charge in [-0.2, -0.15) is 0 Å². The first-order chi connectivity index (χ1) is 14.6. The Labute approximate surface area is 178 Å². The Balaban J connectivity index is 1.68. The molecule has 0 saturated carbocycles. The van der Waals surface area contributed by atoms with Crippen LogP contribution in [0.4, 0.5) is 0 Å². The standard InChI is InChI=1S/C24H29NO5/c1-27-19-7-5-6-17(14-19)8-9-23(26)25-12-10-18(11-13-25)24-21(29-3)15-20(28-2)16-22(24)30-4/h5-7,10,14-16H,8-9,11-13H2,1-4H3. The van der Waals surface area contributed by atoms with Crippen molar-refractivity contribution >= 4 is 11.5 Å². The van der Waals surface area contributed by atoms with Crippen LogP contribution in [-0.2, 0) is 11.2 Å². The Morgan fingerprint density at radius 1 is 0.933 bits per heavy atom. The number of rotatable bonds is 8. The number of aryl methyl sites for hydroxylation is 1. The lowest BCUT2D eigenvalue weighted by Gasteiger charge is -2.28. The van der Waals surface area contributed by atoms with Crippen LogP contribution in [0.5, 0.6) is 23.0 Å². The number of hydrogen-bond acceptors (Lipinski definition) is 5. The van der Waals surface area contributed by atoms with E-state index in [1.807, 2.05) is 41.3 Å². The van der Waals surface area contributed by atoms with Gasteiger partial charge >= 0.3 is 0 Å². The van der Waals surface area contributed by atoms with Crippen LogP contribution in [0.15, 0.2) is 42.5 Å². The van der Waals surface area contributed by atoms with Crippen molar-refractivity contribution in [1.29, 1.82) is 0 Å². The van der Waals surface area contributed by atoms with Gasteiger partial charge in [-0.1, -0.05) is 18.2 Å². The minimum atomic E-state index is 0.154. The van der Waals surface area contributed by atoms with Crippen molar-refractivity contribution in [2.24, 2.45) is 0 Å². The van der Waals surface area contributed by atoms with Crippen molar-refractivity contribution < 1.29 is 23.7 Å². The quantitative estimate of drug-likeness (QED) is 0.658. The number of nitrogens with zero attached hydrogens (tertiary/aromatic N) is 1. The summed E-state index contributed by atoms with van der Waals surface area (Å²) in [6.45, 7) is 1.24. The Morgan fingerprint density at radius 2 is 1.63 bits per heavy atom. The molecule has 1 aliphatic rings. The van der Waals surface area contributed by atoms with Crippen molar-refractivity contribution in [3.8, 4) is 23.0 Å². The maximum atomic E-state index is 12.7. The second-order valence-corrected chi connectivity index (χ2v) is 7.08. The van der Waals surface area contributed by atoms with Crippen molar-refractivity contribution in [3.05, 3.63) is 53.6 Å². The molecule has 3 rings (SSSR count). The number of methoxy groups -OCH3 is 4. The Morgan fingerprint density at radius 3 is 2.20 bits per heavy atom. The van der Waals surface area contributed by atoms with E-state index in [2.05, 4.69) is 6.08 Å². The highest BCUT2D eigenvalue weighted by molar-refractivity contribution is 5.81. The molecule has 0 saturated heterocycles. The van der Waals surface area contributed by atoms with Gasteiger partial charge in [-0.15, -0.1) is 0 Å². The molecule has 0 bridgehead atoms. The molecule has 0 aromatic heterocycles. The van der Waals surface area contributed by atoms with E-state index in [0.29, 0.717) is 43.2 Å². The molecule has 0 spiro atoms. The van der Waals surface area contributed by atoms with Gasteiger partial charge in [0.05, 0.1) is 34.0 Å². The van der Waals surface area contributed by atoms with Gasteiger partial charge < -0.3 is 23.8 Å². The predicted octanol–water partition coefficient (Wildman–Crippen LogP) is 3.97. The molecule has 1 aliphatic heterocycles. The van der Waals surface area contributed by atoms with Gasteiger partial charge in [0.25, 0.3) is 0 Å². The smallest absolute Gasteiger partial charge is 0.223 e. The highest BCUT2D eigenvalue weighted by atomic mass is 16.5. The van der Waals surface area contributed by atoms with Crippen molar-refractivity contribution in [3.63, 3.8) is 0 Å². The fraction of sp³-hybridized carbons (Fsp3) is 0.375.